The topological polar surface area (TPSA) is 75.6 Å². The predicted octanol–water partition coefficient (Wildman–Crippen LogP) is 2.10. The molecule has 124 valence electrons. The van der Waals surface area contributed by atoms with Gasteiger partial charge in [-0.05, 0) is 19.3 Å². The number of hydrogen-bond donors (Lipinski definition) is 2. The Morgan fingerprint density at radius 3 is 2.82 bits per heavy atom. The van der Waals surface area contributed by atoms with Gasteiger partial charge in [-0.3, -0.25) is 9.79 Å². The average Bonchev–Trinajstić information content (AvgIpc) is 3.01. The SMILES string of the molecule is CCc1cnc(CNC(=NC)NCCCCCC(=O)OC)s1. The van der Waals surface area contributed by atoms with Gasteiger partial charge in [-0.15, -0.1) is 11.3 Å². The molecule has 1 aromatic rings. The van der Waals surface area contributed by atoms with Gasteiger partial charge in [-0.1, -0.05) is 13.3 Å². The molecule has 0 spiro atoms. The zero-order valence-electron chi connectivity index (χ0n) is 13.6. The lowest BCUT2D eigenvalue weighted by atomic mass is 10.2. The molecule has 0 aliphatic heterocycles. The summed E-state index contributed by atoms with van der Waals surface area (Å²) < 4.78 is 4.61. The summed E-state index contributed by atoms with van der Waals surface area (Å²) in [6.45, 7) is 3.65. The predicted molar refractivity (Wildman–Crippen MR) is 90.2 cm³/mol. The van der Waals surface area contributed by atoms with Crippen LogP contribution in [0.25, 0.3) is 0 Å². The highest BCUT2D eigenvalue weighted by Gasteiger charge is 2.03. The number of ether oxygens (including phenoxy) is 1. The highest BCUT2D eigenvalue weighted by atomic mass is 32.1. The molecule has 1 rings (SSSR count). The van der Waals surface area contributed by atoms with Crippen LogP contribution in [-0.2, 0) is 22.5 Å². The van der Waals surface area contributed by atoms with Crippen molar-refractivity contribution in [3.05, 3.63) is 16.1 Å². The Kier molecular flexibility index (Phi) is 9.21. The number of carbonyl (C=O) groups is 1. The number of hydrogen-bond acceptors (Lipinski definition) is 5. The average molecular weight is 326 g/mol. The Morgan fingerprint density at radius 1 is 1.36 bits per heavy atom. The molecule has 0 amide bonds. The summed E-state index contributed by atoms with van der Waals surface area (Å²) in [5.41, 5.74) is 0. The van der Waals surface area contributed by atoms with Crippen molar-refractivity contribution < 1.29 is 9.53 Å². The third-order valence-corrected chi connectivity index (χ3v) is 4.30. The zero-order valence-corrected chi connectivity index (χ0v) is 14.5. The molecule has 2 N–H and O–H groups in total. The van der Waals surface area contributed by atoms with Crippen LogP contribution in [0, 0.1) is 0 Å². The van der Waals surface area contributed by atoms with E-state index in [1.807, 2.05) is 6.20 Å². The third kappa shape index (κ3) is 7.40. The third-order valence-electron chi connectivity index (χ3n) is 3.16. The van der Waals surface area contributed by atoms with Gasteiger partial charge < -0.3 is 15.4 Å². The van der Waals surface area contributed by atoms with Crippen LogP contribution < -0.4 is 10.6 Å². The fourth-order valence-electron chi connectivity index (χ4n) is 1.85. The van der Waals surface area contributed by atoms with E-state index in [1.165, 1.54) is 12.0 Å². The number of thiazole rings is 1. The van der Waals surface area contributed by atoms with E-state index >= 15 is 0 Å². The maximum absolute atomic E-state index is 11.0. The number of carbonyl (C=O) groups excluding carboxylic acids is 1. The van der Waals surface area contributed by atoms with Gasteiger partial charge in [-0.2, -0.15) is 0 Å². The molecular weight excluding hydrogens is 300 g/mol. The number of guanidine groups is 1. The smallest absolute Gasteiger partial charge is 0.305 e. The van der Waals surface area contributed by atoms with Crippen molar-refractivity contribution in [3.8, 4) is 0 Å². The van der Waals surface area contributed by atoms with Crippen molar-refractivity contribution in [1.29, 1.82) is 0 Å². The minimum absolute atomic E-state index is 0.139. The van der Waals surface area contributed by atoms with Crippen LogP contribution in [0.4, 0.5) is 0 Å². The molecule has 0 aliphatic carbocycles. The summed E-state index contributed by atoms with van der Waals surface area (Å²) in [6, 6.07) is 0. The molecular formula is C15H26N4O2S. The molecule has 0 fully saturated rings. The van der Waals surface area contributed by atoms with Gasteiger partial charge in [0.2, 0.25) is 0 Å². The van der Waals surface area contributed by atoms with Gasteiger partial charge in [0.25, 0.3) is 0 Å². The Balaban J connectivity index is 2.13. The highest BCUT2D eigenvalue weighted by molar-refractivity contribution is 7.11. The first-order chi connectivity index (χ1) is 10.7. The lowest BCUT2D eigenvalue weighted by Crippen LogP contribution is -2.37. The van der Waals surface area contributed by atoms with Crippen molar-refractivity contribution >= 4 is 23.3 Å². The Labute approximate surface area is 136 Å². The lowest BCUT2D eigenvalue weighted by Gasteiger charge is -2.10. The van der Waals surface area contributed by atoms with Crippen molar-refractivity contribution in [2.75, 3.05) is 20.7 Å². The number of rotatable bonds is 9. The minimum Gasteiger partial charge on any atom is -0.469 e. The summed E-state index contributed by atoms with van der Waals surface area (Å²) in [5, 5.41) is 7.58. The molecule has 22 heavy (non-hydrogen) atoms. The lowest BCUT2D eigenvalue weighted by molar-refractivity contribution is -0.140. The zero-order chi connectivity index (χ0) is 16.2. The van der Waals surface area contributed by atoms with Gasteiger partial charge >= 0.3 is 5.97 Å². The Bertz CT molecular complexity index is 474. The monoisotopic (exact) mass is 326 g/mol. The molecule has 0 aliphatic rings. The first-order valence-electron chi connectivity index (χ1n) is 7.64. The fraction of sp³-hybridized carbons (Fsp3) is 0.667. The maximum Gasteiger partial charge on any atom is 0.305 e. The van der Waals surface area contributed by atoms with Crippen molar-refractivity contribution in [1.82, 2.24) is 15.6 Å². The molecule has 0 atom stereocenters. The summed E-state index contributed by atoms with van der Waals surface area (Å²) in [6.07, 6.45) is 6.29. The Hall–Kier alpha value is -1.63. The summed E-state index contributed by atoms with van der Waals surface area (Å²) >= 11 is 1.72. The number of nitrogens with one attached hydrogen (secondary N) is 2. The van der Waals surface area contributed by atoms with Crippen LogP contribution in [0.5, 0.6) is 0 Å². The fourth-order valence-corrected chi connectivity index (χ4v) is 2.66. The van der Waals surface area contributed by atoms with Crippen LogP contribution >= 0.6 is 11.3 Å². The maximum atomic E-state index is 11.0. The molecule has 0 saturated carbocycles. The Morgan fingerprint density at radius 2 is 2.18 bits per heavy atom. The van der Waals surface area contributed by atoms with Crippen molar-refractivity contribution in [2.45, 2.75) is 45.6 Å². The summed E-state index contributed by atoms with van der Waals surface area (Å²) in [5.74, 6) is 0.640. The highest BCUT2D eigenvalue weighted by Crippen LogP contribution is 2.12. The van der Waals surface area contributed by atoms with E-state index in [-0.39, 0.29) is 5.97 Å². The molecule has 7 heteroatoms. The second kappa shape index (κ2) is 11.0. The molecule has 1 heterocycles. The number of aromatic nitrogens is 1. The normalized spacial score (nSPS) is 11.3. The van der Waals surface area contributed by atoms with E-state index in [1.54, 1.807) is 18.4 Å². The second-order valence-electron chi connectivity index (χ2n) is 4.81. The van der Waals surface area contributed by atoms with Crippen molar-refractivity contribution in [3.63, 3.8) is 0 Å². The number of esters is 1. The number of nitrogens with zero attached hydrogens (tertiary/aromatic N) is 2. The number of aliphatic imine (C=N–C) groups is 1. The summed E-state index contributed by atoms with van der Waals surface area (Å²) in [4.78, 5) is 20.8. The van der Waals surface area contributed by atoms with E-state index in [0.717, 1.165) is 43.2 Å². The van der Waals surface area contributed by atoms with Crippen LogP contribution in [0.2, 0.25) is 0 Å². The quantitative estimate of drug-likeness (QED) is 0.315. The number of methoxy groups -OCH3 is 1. The first-order valence-corrected chi connectivity index (χ1v) is 8.46. The second-order valence-corrected chi connectivity index (χ2v) is 6.01. The summed E-state index contributed by atoms with van der Waals surface area (Å²) in [7, 11) is 3.18. The van der Waals surface area contributed by atoms with E-state index in [4.69, 9.17) is 0 Å². The van der Waals surface area contributed by atoms with E-state index in [0.29, 0.717) is 13.0 Å². The molecule has 0 unspecified atom stereocenters. The first kappa shape index (κ1) is 18.4. The van der Waals surface area contributed by atoms with E-state index in [9.17, 15) is 4.79 Å². The van der Waals surface area contributed by atoms with Crippen molar-refractivity contribution in [2.24, 2.45) is 4.99 Å². The van der Waals surface area contributed by atoms with Gasteiger partial charge in [0.05, 0.1) is 13.7 Å². The minimum atomic E-state index is -0.139. The molecule has 1 aromatic heterocycles. The standard InChI is InChI=1S/C15H26N4O2S/c1-4-12-10-18-13(22-12)11-19-15(16-2)17-9-7-5-6-8-14(20)21-3/h10H,4-9,11H2,1-3H3,(H2,16,17,19). The van der Waals surface area contributed by atoms with Gasteiger partial charge in [-0.25, -0.2) is 4.98 Å². The van der Waals surface area contributed by atoms with Crippen LogP contribution in [-0.4, -0.2) is 37.6 Å². The molecule has 0 bridgehead atoms. The number of unbranched alkanes of at least 4 members (excludes halogenated alkanes) is 2. The van der Waals surface area contributed by atoms with Crippen LogP contribution in [0.3, 0.4) is 0 Å². The molecule has 0 aromatic carbocycles. The van der Waals surface area contributed by atoms with E-state index in [2.05, 4.69) is 32.3 Å². The van der Waals surface area contributed by atoms with Gasteiger partial charge in [0.15, 0.2) is 5.96 Å². The molecule has 0 radical (unpaired) electrons. The van der Waals surface area contributed by atoms with Crippen LogP contribution in [0.1, 0.15) is 42.5 Å². The largest absolute Gasteiger partial charge is 0.469 e. The molecule has 0 saturated heterocycles. The van der Waals surface area contributed by atoms with Crippen LogP contribution in [0.15, 0.2) is 11.2 Å². The van der Waals surface area contributed by atoms with Gasteiger partial charge in [0.1, 0.15) is 5.01 Å². The van der Waals surface area contributed by atoms with E-state index < -0.39 is 0 Å². The van der Waals surface area contributed by atoms with Gasteiger partial charge in [0, 0.05) is 31.1 Å². The molecule has 6 nitrogen and oxygen atoms in total. The number of aryl methyl sites for hydroxylation is 1.